The van der Waals surface area contributed by atoms with E-state index in [9.17, 15) is 14.4 Å². The van der Waals surface area contributed by atoms with Gasteiger partial charge in [0.25, 0.3) is 0 Å². The zero-order chi connectivity index (χ0) is 14.2. The molecule has 19 heavy (non-hydrogen) atoms. The third-order valence-electron chi connectivity index (χ3n) is 3.19. The van der Waals surface area contributed by atoms with E-state index in [1.165, 1.54) is 6.92 Å². The van der Waals surface area contributed by atoms with Crippen LogP contribution in [-0.4, -0.2) is 30.5 Å². The summed E-state index contributed by atoms with van der Waals surface area (Å²) < 4.78 is 0. The summed E-state index contributed by atoms with van der Waals surface area (Å²) in [6.07, 6.45) is -0.0416. The molecule has 5 heteroatoms. The summed E-state index contributed by atoms with van der Waals surface area (Å²) >= 11 is 0. The summed E-state index contributed by atoms with van der Waals surface area (Å²) in [5, 5.41) is 8.89. The lowest BCUT2D eigenvalue weighted by Gasteiger charge is -2.20. The van der Waals surface area contributed by atoms with E-state index in [0.717, 1.165) is 0 Å². The lowest BCUT2D eigenvalue weighted by molar-refractivity contribution is -0.141. The minimum Gasteiger partial charge on any atom is -0.481 e. The smallest absolute Gasteiger partial charge is 0.306 e. The van der Waals surface area contributed by atoms with E-state index in [2.05, 4.69) is 0 Å². The number of carbonyl (C=O) groups excluding carboxylic acids is 2. The van der Waals surface area contributed by atoms with Crippen LogP contribution in [0.15, 0.2) is 35.3 Å². The van der Waals surface area contributed by atoms with Crippen molar-refractivity contribution < 1.29 is 19.5 Å². The second kappa shape index (κ2) is 4.84. The predicted molar refractivity (Wildman–Crippen MR) is 69.3 cm³/mol. The van der Waals surface area contributed by atoms with Crippen LogP contribution < -0.4 is 0 Å². The molecule has 2 rings (SSSR count). The fourth-order valence-electron chi connectivity index (χ4n) is 2.04. The van der Waals surface area contributed by atoms with Gasteiger partial charge in [-0.25, -0.2) is 0 Å². The van der Waals surface area contributed by atoms with Gasteiger partial charge in [0.1, 0.15) is 7.85 Å². The molecule has 0 fully saturated rings. The Labute approximate surface area is 111 Å². The molecule has 1 N–H and O–H groups in total. The maximum absolute atomic E-state index is 12.2. The van der Waals surface area contributed by atoms with Gasteiger partial charge in [0, 0.05) is 11.1 Å². The number of fused-ring (bicyclic) bond motifs is 1. The van der Waals surface area contributed by atoms with Crippen molar-refractivity contribution in [2.75, 3.05) is 0 Å². The van der Waals surface area contributed by atoms with E-state index in [1.807, 2.05) is 0 Å². The number of rotatable bonds is 3. The van der Waals surface area contributed by atoms with E-state index in [-0.39, 0.29) is 34.4 Å². The molecule has 0 bridgehead atoms. The van der Waals surface area contributed by atoms with E-state index < -0.39 is 17.7 Å². The fourth-order valence-corrected chi connectivity index (χ4v) is 2.04. The average Bonchev–Trinajstić information content (AvgIpc) is 2.40. The van der Waals surface area contributed by atoms with Gasteiger partial charge in [-0.1, -0.05) is 31.2 Å². The molecule has 0 aromatic heterocycles. The van der Waals surface area contributed by atoms with Crippen LogP contribution in [0, 0.1) is 5.92 Å². The molecular formula is C14H11BO4. The number of carboxylic acid groups (broad SMARTS) is 1. The first-order chi connectivity index (χ1) is 8.93. The molecule has 0 saturated carbocycles. The Bertz CT molecular complexity index is 616. The second-order valence-electron chi connectivity index (χ2n) is 4.54. The Balaban J connectivity index is 2.46. The highest BCUT2D eigenvalue weighted by molar-refractivity contribution is 6.46. The van der Waals surface area contributed by atoms with Gasteiger partial charge in [0.15, 0.2) is 11.6 Å². The number of benzene rings is 1. The van der Waals surface area contributed by atoms with Crippen LogP contribution in [0.5, 0.6) is 0 Å². The Hall–Kier alpha value is -2.17. The second-order valence-corrected chi connectivity index (χ2v) is 4.54. The van der Waals surface area contributed by atoms with Gasteiger partial charge in [-0.3, -0.25) is 14.4 Å². The van der Waals surface area contributed by atoms with Gasteiger partial charge < -0.3 is 5.11 Å². The summed E-state index contributed by atoms with van der Waals surface area (Å²) in [7, 11) is 5.69. The first-order valence-corrected chi connectivity index (χ1v) is 5.83. The predicted octanol–water partition coefficient (Wildman–Crippen LogP) is 1.60. The monoisotopic (exact) mass is 254 g/mol. The molecular weight excluding hydrogens is 243 g/mol. The molecule has 94 valence electrons. The topological polar surface area (TPSA) is 71.4 Å². The molecule has 1 atom stereocenters. The molecule has 0 saturated heterocycles. The SMILES string of the molecule is [B]C1=C(CC(C)C(=O)O)C(=O)c2ccccc2C1=O. The van der Waals surface area contributed by atoms with Crippen LogP contribution in [0.2, 0.25) is 0 Å². The van der Waals surface area contributed by atoms with Crippen LogP contribution in [-0.2, 0) is 4.79 Å². The van der Waals surface area contributed by atoms with Gasteiger partial charge in [0.05, 0.1) is 5.92 Å². The molecule has 2 radical (unpaired) electrons. The molecule has 1 aromatic rings. The molecule has 4 nitrogen and oxygen atoms in total. The van der Waals surface area contributed by atoms with E-state index in [0.29, 0.717) is 0 Å². The minimum atomic E-state index is -1.03. The molecule has 0 aliphatic heterocycles. The molecule has 1 aromatic carbocycles. The van der Waals surface area contributed by atoms with Crippen molar-refractivity contribution in [1.82, 2.24) is 0 Å². The van der Waals surface area contributed by atoms with Crippen molar-refractivity contribution in [1.29, 1.82) is 0 Å². The maximum Gasteiger partial charge on any atom is 0.306 e. The van der Waals surface area contributed by atoms with Gasteiger partial charge in [0.2, 0.25) is 0 Å². The molecule has 1 unspecified atom stereocenters. The summed E-state index contributed by atoms with van der Waals surface area (Å²) in [4.78, 5) is 35.1. The largest absolute Gasteiger partial charge is 0.481 e. The lowest BCUT2D eigenvalue weighted by Crippen LogP contribution is -2.24. The van der Waals surface area contributed by atoms with E-state index in [1.54, 1.807) is 24.3 Å². The normalized spacial score (nSPS) is 16.3. The lowest BCUT2D eigenvalue weighted by atomic mass is 9.73. The summed E-state index contributed by atoms with van der Waals surface area (Å²) in [5.74, 6) is -2.57. The number of ketones is 2. The average molecular weight is 254 g/mol. The fraction of sp³-hybridized carbons (Fsp3) is 0.214. The number of hydrogen-bond acceptors (Lipinski definition) is 3. The third-order valence-corrected chi connectivity index (χ3v) is 3.19. The number of allylic oxidation sites excluding steroid dienone is 2. The van der Waals surface area contributed by atoms with Crippen LogP contribution in [0.4, 0.5) is 0 Å². The van der Waals surface area contributed by atoms with E-state index in [4.69, 9.17) is 13.0 Å². The standard InChI is InChI=1S/C14H11BO4/c1-7(14(18)19)6-10-11(15)13(17)9-5-3-2-4-8(9)12(10)16/h2-5,7H,6H2,1H3,(H,18,19). The number of carbonyl (C=O) groups is 3. The van der Waals surface area contributed by atoms with Crippen molar-refractivity contribution in [3.8, 4) is 0 Å². The first kappa shape index (κ1) is 13.3. The van der Waals surface area contributed by atoms with Crippen molar-refractivity contribution >= 4 is 25.4 Å². The zero-order valence-electron chi connectivity index (χ0n) is 10.3. The number of carboxylic acids is 1. The quantitative estimate of drug-likeness (QED) is 0.831. The maximum atomic E-state index is 12.2. The highest BCUT2D eigenvalue weighted by atomic mass is 16.4. The molecule has 0 spiro atoms. The molecule has 0 heterocycles. The molecule has 1 aliphatic rings. The first-order valence-electron chi connectivity index (χ1n) is 5.83. The highest BCUT2D eigenvalue weighted by Crippen LogP contribution is 2.28. The highest BCUT2D eigenvalue weighted by Gasteiger charge is 2.30. The van der Waals surface area contributed by atoms with Crippen molar-refractivity contribution in [2.24, 2.45) is 5.92 Å². The van der Waals surface area contributed by atoms with Crippen LogP contribution in [0.1, 0.15) is 34.1 Å². The number of hydrogen-bond donors (Lipinski definition) is 1. The molecule has 0 amide bonds. The van der Waals surface area contributed by atoms with Crippen LogP contribution in [0.25, 0.3) is 0 Å². The Morgan fingerprint density at radius 1 is 1.21 bits per heavy atom. The van der Waals surface area contributed by atoms with Gasteiger partial charge >= 0.3 is 5.97 Å². The summed E-state index contributed by atoms with van der Waals surface area (Å²) in [6, 6.07) is 6.40. The van der Waals surface area contributed by atoms with Gasteiger partial charge in [-0.15, -0.1) is 0 Å². The Kier molecular flexibility index (Phi) is 3.38. The number of aliphatic carboxylic acids is 1. The number of Topliss-reactive ketones (excluding diaryl/α,β-unsaturated/α-hetero) is 2. The molecule has 1 aliphatic carbocycles. The van der Waals surface area contributed by atoms with Gasteiger partial charge in [-0.05, 0) is 17.5 Å². The summed E-state index contributed by atoms with van der Waals surface area (Å²) in [5.41, 5.74) is 0.515. The van der Waals surface area contributed by atoms with Crippen LogP contribution in [0.3, 0.4) is 0 Å². The van der Waals surface area contributed by atoms with Crippen LogP contribution >= 0.6 is 0 Å². The van der Waals surface area contributed by atoms with Crippen molar-refractivity contribution in [3.63, 3.8) is 0 Å². The Morgan fingerprint density at radius 2 is 1.74 bits per heavy atom. The summed E-state index contributed by atoms with van der Waals surface area (Å²) in [6.45, 7) is 1.47. The third kappa shape index (κ3) is 2.23. The van der Waals surface area contributed by atoms with E-state index >= 15 is 0 Å². The minimum absolute atomic E-state index is 0.0416. The van der Waals surface area contributed by atoms with Crippen molar-refractivity contribution in [3.05, 3.63) is 46.4 Å². The van der Waals surface area contributed by atoms with Crippen molar-refractivity contribution in [2.45, 2.75) is 13.3 Å². The zero-order valence-corrected chi connectivity index (χ0v) is 10.3. The Morgan fingerprint density at radius 3 is 2.26 bits per heavy atom. The van der Waals surface area contributed by atoms with Gasteiger partial charge in [-0.2, -0.15) is 0 Å².